The van der Waals surface area contributed by atoms with Gasteiger partial charge in [-0.3, -0.25) is 4.79 Å². The Bertz CT molecular complexity index is 954. The summed E-state index contributed by atoms with van der Waals surface area (Å²) < 4.78 is 18.8. The minimum atomic E-state index is -0.247. The quantitative estimate of drug-likeness (QED) is 0.670. The Morgan fingerprint density at radius 1 is 1.07 bits per heavy atom. The van der Waals surface area contributed by atoms with Crippen molar-refractivity contribution >= 4 is 5.91 Å². The topological polar surface area (TPSA) is 51.2 Å². The molecule has 1 N–H and O–H groups in total. The Morgan fingerprint density at radius 3 is 2.54 bits per heavy atom. The number of hydrogen-bond acceptors (Lipinski definition) is 3. The van der Waals surface area contributed by atoms with Crippen LogP contribution in [0.4, 0.5) is 4.39 Å². The van der Waals surface area contributed by atoms with Crippen molar-refractivity contribution in [2.45, 2.75) is 24.9 Å². The normalized spacial score (nSPS) is 14.3. The summed E-state index contributed by atoms with van der Waals surface area (Å²) in [4.78, 5) is 16.8. The Hall–Kier alpha value is -3.21. The number of amides is 1. The summed E-state index contributed by atoms with van der Waals surface area (Å²) in [6, 6.07) is 19.7. The lowest BCUT2D eigenvalue weighted by Gasteiger charge is -2.17. The predicted octanol–water partition coefficient (Wildman–Crippen LogP) is 4.26. The van der Waals surface area contributed by atoms with Crippen molar-refractivity contribution < 1.29 is 13.9 Å². The molecule has 28 heavy (non-hydrogen) atoms. The van der Waals surface area contributed by atoms with E-state index in [-0.39, 0.29) is 17.1 Å². The van der Waals surface area contributed by atoms with Gasteiger partial charge in [0, 0.05) is 29.8 Å². The van der Waals surface area contributed by atoms with Crippen molar-refractivity contribution in [1.29, 1.82) is 0 Å². The van der Waals surface area contributed by atoms with Gasteiger partial charge in [-0.2, -0.15) is 0 Å². The van der Waals surface area contributed by atoms with E-state index in [1.165, 1.54) is 12.1 Å². The summed E-state index contributed by atoms with van der Waals surface area (Å²) in [5.41, 5.74) is 2.53. The first-order chi connectivity index (χ1) is 13.6. The fourth-order valence-corrected chi connectivity index (χ4v) is 3.23. The summed E-state index contributed by atoms with van der Waals surface area (Å²) in [5, 5.41) is 3.00. The molecule has 3 aromatic rings. The molecule has 1 heterocycles. The van der Waals surface area contributed by atoms with E-state index in [9.17, 15) is 9.18 Å². The second kappa shape index (κ2) is 7.80. The highest BCUT2D eigenvalue weighted by atomic mass is 19.1. The molecule has 1 aromatic heterocycles. The van der Waals surface area contributed by atoms with E-state index >= 15 is 0 Å². The zero-order chi connectivity index (χ0) is 19.4. The number of ether oxygens (including phenoxy) is 1. The van der Waals surface area contributed by atoms with Crippen LogP contribution in [-0.4, -0.2) is 17.4 Å². The molecule has 5 heteroatoms. The van der Waals surface area contributed by atoms with Crippen LogP contribution in [0.15, 0.2) is 72.9 Å². The number of pyridine rings is 1. The highest BCUT2D eigenvalue weighted by Crippen LogP contribution is 2.47. The molecule has 4 rings (SSSR count). The second-order valence-electron chi connectivity index (χ2n) is 7.13. The van der Waals surface area contributed by atoms with Gasteiger partial charge in [-0.1, -0.05) is 42.5 Å². The molecule has 0 saturated heterocycles. The monoisotopic (exact) mass is 376 g/mol. The number of benzene rings is 2. The van der Waals surface area contributed by atoms with Crippen LogP contribution in [0, 0.1) is 5.82 Å². The third-order valence-electron chi connectivity index (χ3n) is 5.12. The maximum Gasteiger partial charge on any atom is 0.251 e. The third kappa shape index (κ3) is 4.19. The van der Waals surface area contributed by atoms with Gasteiger partial charge in [-0.15, -0.1) is 0 Å². The van der Waals surface area contributed by atoms with Gasteiger partial charge < -0.3 is 10.1 Å². The van der Waals surface area contributed by atoms with Crippen LogP contribution >= 0.6 is 0 Å². The largest absolute Gasteiger partial charge is 0.473 e. The molecule has 1 fully saturated rings. The molecule has 1 amide bonds. The average molecular weight is 376 g/mol. The number of hydrogen-bond donors (Lipinski definition) is 1. The van der Waals surface area contributed by atoms with E-state index < -0.39 is 0 Å². The third-order valence-corrected chi connectivity index (χ3v) is 5.12. The number of nitrogens with one attached hydrogen (secondary N) is 1. The van der Waals surface area contributed by atoms with Crippen molar-refractivity contribution in [2.75, 3.05) is 6.54 Å². The van der Waals surface area contributed by atoms with E-state index in [0.717, 1.165) is 24.0 Å². The summed E-state index contributed by atoms with van der Waals surface area (Å²) >= 11 is 0. The molecule has 2 aromatic carbocycles. The number of aromatic nitrogens is 1. The van der Waals surface area contributed by atoms with E-state index in [0.29, 0.717) is 24.6 Å². The van der Waals surface area contributed by atoms with Gasteiger partial charge in [0.2, 0.25) is 5.88 Å². The molecule has 0 unspecified atom stereocenters. The Kier molecular flexibility index (Phi) is 5.06. The maximum atomic E-state index is 13.2. The zero-order valence-electron chi connectivity index (χ0n) is 15.4. The zero-order valence-corrected chi connectivity index (χ0v) is 15.4. The fourth-order valence-electron chi connectivity index (χ4n) is 3.23. The van der Waals surface area contributed by atoms with Gasteiger partial charge >= 0.3 is 0 Å². The summed E-state index contributed by atoms with van der Waals surface area (Å²) in [6.07, 6.45) is 3.55. The molecule has 0 aliphatic heterocycles. The minimum absolute atomic E-state index is 0.0803. The van der Waals surface area contributed by atoms with Gasteiger partial charge in [0.25, 0.3) is 5.91 Å². The number of nitrogens with zero attached hydrogens (tertiary/aromatic N) is 1. The molecule has 142 valence electrons. The second-order valence-corrected chi connectivity index (χ2v) is 7.13. The van der Waals surface area contributed by atoms with E-state index in [4.69, 9.17) is 4.74 Å². The standard InChI is InChI=1S/C23H21FN2O2/c24-20-8-6-19(7-9-20)23(11-12-23)16-26-22(27)18-10-13-25-21(14-18)28-15-17-4-2-1-3-5-17/h1-10,13-14H,11-12,15-16H2,(H,26,27). The predicted molar refractivity (Wildman–Crippen MR) is 105 cm³/mol. The molecule has 0 spiro atoms. The lowest BCUT2D eigenvalue weighted by molar-refractivity contribution is 0.0949. The van der Waals surface area contributed by atoms with Gasteiger partial charge in [-0.25, -0.2) is 9.37 Å². The van der Waals surface area contributed by atoms with Crippen LogP contribution in [0.25, 0.3) is 0 Å². The van der Waals surface area contributed by atoms with Gasteiger partial charge in [-0.05, 0) is 42.2 Å². The van der Waals surface area contributed by atoms with Crippen molar-refractivity contribution in [3.05, 3.63) is 95.4 Å². The summed E-state index contributed by atoms with van der Waals surface area (Å²) in [7, 11) is 0. The SMILES string of the molecule is O=C(NCC1(c2ccc(F)cc2)CC1)c1ccnc(OCc2ccccc2)c1. The molecular weight excluding hydrogens is 355 g/mol. The molecular formula is C23H21FN2O2. The first-order valence-corrected chi connectivity index (χ1v) is 9.32. The summed E-state index contributed by atoms with van der Waals surface area (Å²) in [5.74, 6) is -0.0000705. The maximum absolute atomic E-state index is 13.2. The van der Waals surface area contributed by atoms with Crippen LogP contribution in [-0.2, 0) is 12.0 Å². The highest BCUT2D eigenvalue weighted by Gasteiger charge is 2.44. The summed E-state index contributed by atoms with van der Waals surface area (Å²) in [6.45, 7) is 0.923. The fraction of sp³-hybridized carbons (Fsp3) is 0.217. The van der Waals surface area contributed by atoms with Crippen LogP contribution in [0.5, 0.6) is 5.88 Å². The van der Waals surface area contributed by atoms with Crippen molar-refractivity contribution in [3.63, 3.8) is 0 Å². The van der Waals surface area contributed by atoms with E-state index in [2.05, 4.69) is 10.3 Å². The molecule has 1 aliphatic rings. The molecule has 1 aliphatic carbocycles. The van der Waals surface area contributed by atoms with Crippen molar-refractivity contribution in [2.24, 2.45) is 0 Å². The Balaban J connectivity index is 1.36. The number of halogens is 1. The molecule has 0 atom stereocenters. The van der Waals surface area contributed by atoms with Gasteiger partial charge in [0.1, 0.15) is 12.4 Å². The molecule has 4 nitrogen and oxygen atoms in total. The van der Waals surface area contributed by atoms with Crippen LogP contribution < -0.4 is 10.1 Å². The van der Waals surface area contributed by atoms with Crippen molar-refractivity contribution in [3.8, 4) is 5.88 Å². The molecule has 1 saturated carbocycles. The smallest absolute Gasteiger partial charge is 0.251 e. The Labute approximate surface area is 163 Å². The van der Waals surface area contributed by atoms with Crippen LogP contribution in [0.3, 0.4) is 0 Å². The first-order valence-electron chi connectivity index (χ1n) is 9.32. The average Bonchev–Trinajstić information content (AvgIpc) is 3.53. The molecule has 0 bridgehead atoms. The van der Waals surface area contributed by atoms with Gasteiger partial charge in [0.15, 0.2) is 0 Å². The number of carbonyl (C=O) groups excluding carboxylic acids is 1. The van der Waals surface area contributed by atoms with E-state index in [1.54, 1.807) is 30.5 Å². The lowest BCUT2D eigenvalue weighted by Crippen LogP contribution is -2.32. The first kappa shape index (κ1) is 18.2. The Morgan fingerprint density at radius 2 is 1.82 bits per heavy atom. The minimum Gasteiger partial charge on any atom is -0.473 e. The number of rotatable bonds is 7. The van der Waals surface area contributed by atoms with E-state index in [1.807, 2.05) is 30.3 Å². The van der Waals surface area contributed by atoms with Crippen LogP contribution in [0.1, 0.15) is 34.3 Å². The highest BCUT2D eigenvalue weighted by molar-refractivity contribution is 5.94. The molecule has 0 radical (unpaired) electrons. The van der Waals surface area contributed by atoms with Gasteiger partial charge in [0.05, 0.1) is 0 Å². The lowest BCUT2D eigenvalue weighted by atomic mass is 9.96. The number of carbonyl (C=O) groups is 1. The van der Waals surface area contributed by atoms with Crippen LogP contribution in [0.2, 0.25) is 0 Å². The van der Waals surface area contributed by atoms with Crippen molar-refractivity contribution in [1.82, 2.24) is 10.3 Å².